The van der Waals surface area contributed by atoms with Crippen molar-refractivity contribution in [3.05, 3.63) is 29.8 Å². The van der Waals surface area contributed by atoms with Crippen LogP contribution in [-0.2, 0) is 14.8 Å². The summed E-state index contributed by atoms with van der Waals surface area (Å²) in [6, 6.07) is 2.25. The van der Waals surface area contributed by atoms with Crippen molar-refractivity contribution in [1.82, 2.24) is 4.31 Å². The van der Waals surface area contributed by atoms with Gasteiger partial charge in [0.2, 0.25) is 10.0 Å². The highest BCUT2D eigenvalue weighted by Gasteiger charge is 2.27. The Morgan fingerprint density at radius 3 is 2.57 bits per heavy atom. The molecule has 0 aliphatic carbocycles. The summed E-state index contributed by atoms with van der Waals surface area (Å²) in [7, 11) is -2.76. The molecule has 118 valence electrons. The Balaban J connectivity index is 3.09. The van der Waals surface area contributed by atoms with E-state index in [-0.39, 0.29) is 32.0 Å². The van der Waals surface area contributed by atoms with Crippen molar-refractivity contribution in [2.75, 3.05) is 26.8 Å². The topological polar surface area (TPSA) is 96.5 Å². The minimum Gasteiger partial charge on any atom is -0.388 e. The van der Waals surface area contributed by atoms with Crippen LogP contribution >= 0.6 is 0 Å². The van der Waals surface area contributed by atoms with Gasteiger partial charge in [-0.15, -0.1) is 0 Å². The van der Waals surface area contributed by atoms with E-state index in [9.17, 15) is 17.2 Å². The standard InChI is InChI=1S/C12H17F2N3O3S/c1-20-7-6-17(5-4-12(15)16)21(18,19)11-3-2-9(13)8-10(11)14/h2-3,8H,4-7H2,1H3,(H3,15,16). The molecule has 3 N–H and O–H groups in total. The molecule has 0 saturated heterocycles. The van der Waals surface area contributed by atoms with E-state index in [4.69, 9.17) is 15.9 Å². The Bertz CT molecular complexity index is 608. The molecule has 0 radical (unpaired) electrons. The molecule has 9 heteroatoms. The number of sulfonamides is 1. The van der Waals surface area contributed by atoms with Gasteiger partial charge in [-0.2, -0.15) is 4.31 Å². The zero-order valence-electron chi connectivity index (χ0n) is 11.5. The Hall–Kier alpha value is -1.58. The van der Waals surface area contributed by atoms with Gasteiger partial charge in [-0.1, -0.05) is 0 Å². The van der Waals surface area contributed by atoms with Gasteiger partial charge in [0.05, 0.1) is 12.4 Å². The van der Waals surface area contributed by atoms with Gasteiger partial charge in [-0.3, -0.25) is 5.41 Å². The van der Waals surface area contributed by atoms with E-state index in [0.29, 0.717) is 6.07 Å². The van der Waals surface area contributed by atoms with Crippen molar-refractivity contribution in [1.29, 1.82) is 5.41 Å². The van der Waals surface area contributed by atoms with Crippen LogP contribution in [0.15, 0.2) is 23.1 Å². The largest absolute Gasteiger partial charge is 0.388 e. The average molecular weight is 321 g/mol. The minimum atomic E-state index is -4.16. The van der Waals surface area contributed by atoms with Crippen molar-refractivity contribution >= 4 is 15.9 Å². The van der Waals surface area contributed by atoms with E-state index in [0.717, 1.165) is 16.4 Å². The molecule has 0 aromatic heterocycles. The molecular weight excluding hydrogens is 304 g/mol. The van der Waals surface area contributed by atoms with Gasteiger partial charge < -0.3 is 10.5 Å². The van der Waals surface area contributed by atoms with Crippen molar-refractivity contribution < 1.29 is 21.9 Å². The number of nitrogens with one attached hydrogen (secondary N) is 1. The highest BCUT2D eigenvalue weighted by molar-refractivity contribution is 7.89. The molecule has 6 nitrogen and oxygen atoms in total. The van der Waals surface area contributed by atoms with Crippen molar-refractivity contribution in [3.8, 4) is 0 Å². The van der Waals surface area contributed by atoms with Gasteiger partial charge in [-0.25, -0.2) is 17.2 Å². The first kappa shape index (κ1) is 17.5. The van der Waals surface area contributed by atoms with E-state index in [1.54, 1.807) is 0 Å². The third-order valence-corrected chi connectivity index (χ3v) is 4.62. The van der Waals surface area contributed by atoms with E-state index in [1.807, 2.05) is 0 Å². The number of halogens is 2. The molecule has 1 aromatic carbocycles. The fourth-order valence-corrected chi connectivity index (χ4v) is 3.08. The zero-order chi connectivity index (χ0) is 16.0. The summed E-state index contributed by atoms with van der Waals surface area (Å²) < 4.78 is 57.1. The Morgan fingerprint density at radius 2 is 2.05 bits per heavy atom. The number of benzene rings is 1. The lowest BCUT2D eigenvalue weighted by molar-refractivity contribution is 0.179. The SMILES string of the molecule is COCCN(CCC(=N)N)S(=O)(=O)c1ccc(F)cc1F. The Kier molecular flexibility index (Phi) is 6.19. The number of nitrogens with two attached hydrogens (primary N) is 1. The maximum absolute atomic E-state index is 13.7. The summed E-state index contributed by atoms with van der Waals surface area (Å²) in [5.41, 5.74) is 5.21. The first-order chi connectivity index (χ1) is 9.78. The highest BCUT2D eigenvalue weighted by Crippen LogP contribution is 2.20. The third-order valence-electron chi connectivity index (χ3n) is 2.69. The summed E-state index contributed by atoms with van der Waals surface area (Å²) in [6.07, 6.45) is 0.00571. The van der Waals surface area contributed by atoms with Crippen molar-refractivity contribution in [2.45, 2.75) is 11.3 Å². The molecule has 0 amide bonds. The molecule has 0 saturated carbocycles. The van der Waals surface area contributed by atoms with Crippen LogP contribution in [0.25, 0.3) is 0 Å². The molecular formula is C12H17F2N3O3S. The third kappa shape index (κ3) is 4.73. The maximum atomic E-state index is 13.7. The van der Waals surface area contributed by atoms with E-state index in [2.05, 4.69) is 0 Å². The van der Waals surface area contributed by atoms with Crippen molar-refractivity contribution in [2.24, 2.45) is 5.73 Å². The number of ether oxygens (including phenoxy) is 1. The molecule has 1 aromatic rings. The summed E-state index contributed by atoms with van der Waals surface area (Å²) in [5, 5.41) is 7.15. The van der Waals surface area contributed by atoms with Crippen LogP contribution < -0.4 is 5.73 Å². The molecule has 0 aliphatic heterocycles. The average Bonchev–Trinajstić information content (AvgIpc) is 2.37. The van der Waals surface area contributed by atoms with Crippen LogP contribution in [0.2, 0.25) is 0 Å². The summed E-state index contributed by atoms with van der Waals surface area (Å²) in [5.74, 6) is -2.22. The number of hydrogen-bond acceptors (Lipinski definition) is 4. The normalized spacial score (nSPS) is 11.8. The van der Waals surface area contributed by atoms with Crippen LogP contribution in [0.1, 0.15) is 6.42 Å². The van der Waals surface area contributed by atoms with Crippen LogP contribution in [0.5, 0.6) is 0 Å². The van der Waals surface area contributed by atoms with E-state index < -0.39 is 26.6 Å². The second kappa shape index (κ2) is 7.43. The van der Waals surface area contributed by atoms with Gasteiger partial charge in [0, 0.05) is 32.7 Å². The first-order valence-electron chi connectivity index (χ1n) is 6.06. The lowest BCUT2D eigenvalue weighted by atomic mass is 10.3. The second-order valence-corrected chi connectivity index (χ2v) is 6.15. The molecule has 0 bridgehead atoms. The molecule has 0 aliphatic rings. The van der Waals surface area contributed by atoms with Crippen LogP contribution in [0, 0.1) is 17.0 Å². The number of hydrogen-bond donors (Lipinski definition) is 2. The van der Waals surface area contributed by atoms with Gasteiger partial charge in [0.1, 0.15) is 16.5 Å². The molecule has 1 rings (SSSR count). The number of nitrogens with zero attached hydrogens (tertiary/aromatic N) is 1. The maximum Gasteiger partial charge on any atom is 0.246 e. The molecule has 0 spiro atoms. The number of rotatable bonds is 8. The van der Waals surface area contributed by atoms with Crippen molar-refractivity contribution in [3.63, 3.8) is 0 Å². The smallest absolute Gasteiger partial charge is 0.246 e. The molecule has 0 heterocycles. The summed E-state index contributed by atoms with van der Waals surface area (Å²) in [4.78, 5) is -0.622. The predicted molar refractivity (Wildman–Crippen MR) is 73.5 cm³/mol. The lowest BCUT2D eigenvalue weighted by Gasteiger charge is -2.22. The van der Waals surface area contributed by atoms with E-state index in [1.165, 1.54) is 7.11 Å². The van der Waals surface area contributed by atoms with Crippen LogP contribution in [0.4, 0.5) is 8.78 Å². The fraction of sp³-hybridized carbons (Fsp3) is 0.417. The number of amidine groups is 1. The number of methoxy groups -OCH3 is 1. The van der Waals surface area contributed by atoms with E-state index >= 15 is 0 Å². The van der Waals surface area contributed by atoms with Gasteiger partial charge in [0.15, 0.2) is 0 Å². The van der Waals surface area contributed by atoms with Gasteiger partial charge in [-0.05, 0) is 12.1 Å². The fourth-order valence-electron chi connectivity index (χ4n) is 1.61. The Labute approximate surface area is 122 Å². The lowest BCUT2D eigenvalue weighted by Crippen LogP contribution is -2.36. The van der Waals surface area contributed by atoms with Gasteiger partial charge in [0.25, 0.3) is 0 Å². The summed E-state index contributed by atoms with van der Waals surface area (Å²) in [6.45, 7) is -0.0132. The molecule has 21 heavy (non-hydrogen) atoms. The first-order valence-corrected chi connectivity index (χ1v) is 7.50. The zero-order valence-corrected chi connectivity index (χ0v) is 12.3. The van der Waals surface area contributed by atoms with Crippen LogP contribution in [-0.4, -0.2) is 45.4 Å². The monoisotopic (exact) mass is 321 g/mol. The van der Waals surface area contributed by atoms with Gasteiger partial charge >= 0.3 is 0 Å². The molecule has 0 unspecified atom stereocenters. The predicted octanol–water partition coefficient (Wildman–Crippen LogP) is 0.928. The van der Waals surface area contributed by atoms with Crippen LogP contribution in [0.3, 0.4) is 0 Å². The minimum absolute atomic E-state index is 0.00571. The molecule has 0 fully saturated rings. The summed E-state index contributed by atoms with van der Waals surface area (Å²) >= 11 is 0. The Morgan fingerprint density at radius 1 is 1.38 bits per heavy atom. The second-order valence-electron chi connectivity index (χ2n) is 4.25. The quantitative estimate of drug-likeness (QED) is 0.550. The molecule has 0 atom stereocenters. The highest BCUT2D eigenvalue weighted by atomic mass is 32.2.